The van der Waals surface area contributed by atoms with Gasteiger partial charge in [0.25, 0.3) is 11.8 Å². The fourth-order valence-corrected chi connectivity index (χ4v) is 4.31. The first-order valence-corrected chi connectivity index (χ1v) is 10.6. The number of hydrogen-bond donors (Lipinski definition) is 0. The van der Waals surface area contributed by atoms with Gasteiger partial charge in [-0.25, -0.2) is 0 Å². The number of nitrogens with zero attached hydrogens (tertiary/aromatic N) is 5. The van der Waals surface area contributed by atoms with Gasteiger partial charge in [-0.15, -0.1) is 0 Å². The van der Waals surface area contributed by atoms with Crippen molar-refractivity contribution < 1.29 is 14.1 Å². The van der Waals surface area contributed by atoms with Gasteiger partial charge in [-0.2, -0.15) is 0 Å². The fourth-order valence-electron chi connectivity index (χ4n) is 4.31. The van der Waals surface area contributed by atoms with Crippen LogP contribution >= 0.6 is 0 Å². The van der Waals surface area contributed by atoms with Crippen LogP contribution in [0, 0.1) is 13.8 Å². The monoisotopic (exact) mass is 411 g/mol. The summed E-state index contributed by atoms with van der Waals surface area (Å²) in [5.74, 6) is 0.735. The summed E-state index contributed by atoms with van der Waals surface area (Å²) in [6.45, 7) is 8.19. The Morgan fingerprint density at radius 2 is 1.80 bits per heavy atom. The quantitative estimate of drug-likeness (QED) is 0.769. The average Bonchev–Trinajstić information content (AvgIpc) is 3.11. The molecule has 0 unspecified atom stereocenters. The first-order chi connectivity index (χ1) is 14.4. The van der Waals surface area contributed by atoms with Gasteiger partial charge in [-0.05, 0) is 45.9 Å². The van der Waals surface area contributed by atoms with Crippen molar-refractivity contribution in [1.82, 2.24) is 24.8 Å². The predicted molar refractivity (Wildman–Crippen MR) is 111 cm³/mol. The third kappa shape index (κ3) is 4.09. The minimum Gasteiger partial charge on any atom is -0.361 e. The largest absolute Gasteiger partial charge is 0.361 e. The minimum absolute atomic E-state index is 0.0298. The second-order valence-electron chi connectivity index (χ2n) is 8.36. The van der Waals surface area contributed by atoms with E-state index in [-0.39, 0.29) is 17.7 Å². The second-order valence-corrected chi connectivity index (χ2v) is 8.36. The van der Waals surface area contributed by atoms with Crippen LogP contribution in [0.2, 0.25) is 0 Å². The molecule has 8 nitrogen and oxygen atoms in total. The van der Waals surface area contributed by atoms with E-state index in [1.807, 2.05) is 21.9 Å². The lowest BCUT2D eigenvalue weighted by Crippen LogP contribution is -2.47. The van der Waals surface area contributed by atoms with Gasteiger partial charge in [-0.3, -0.25) is 14.6 Å². The molecule has 2 aliphatic rings. The molecule has 2 fully saturated rings. The van der Waals surface area contributed by atoms with E-state index in [0.717, 1.165) is 51.3 Å². The van der Waals surface area contributed by atoms with Crippen LogP contribution in [-0.4, -0.2) is 83.0 Å². The molecular formula is C22H29N5O3. The zero-order valence-electron chi connectivity index (χ0n) is 17.9. The van der Waals surface area contributed by atoms with Crippen LogP contribution in [0.15, 0.2) is 22.9 Å². The summed E-state index contributed by atoms with van der Waals surface area (Å²) < 4.78 is 5.16. The Bertz CT molecular complexity index is 896. The molecule has 2 aliphatic heterocycles. The molecule has 0 spiro atoms. The molecule has 0 saturated carbocycles. The lowest BCUT2D eigenvalue weighted by atomic mass is 9.93. The maximum absolute atomic E-state index is 13.0. The molecule has 2 amide bonds. The van der Waals surface area contributed by atoms with E-state index in [9.17, 15) is 9.59 Å². The summed E-state index contributed by atoms with van der Waals surface area (Å²) in [6, 6.07) is 3.82. The molecule has 0 bridgehead atoms. The Morgan fingerprint density at radius 3 is 2.43 bits per heavy atom. The Morgan fingerprint density at radius 1 is 1.03 bits per heavy atom. The van der Waals surface area contributed by atoms with E-state index in [4.69, 9.17) is 4.52 Å². The molecule has 0 N–H and O–H groups in total. The Kier molecular flexibility index (Phi) is 5.85. The van der Waals surface area contributed by atoms with Crippen LogP contribution in [0.1, 0.15) is 56.6 Å². The number of piperidine rings is 1. The number of amides is 2. The van der Waals surface area contributed by atoms with E-state index in [1.165, 1.54) is 0 Å². The molecular weight excluding hydrogens is 382 g/mol. The Balaban J connectivity index is 1.43. The summed E-state index contributed by atoms with van der Waals surface area (Å²) in [5, 5.41) is 3.90. The third-order valence-electron chi connectivity index (χ3n) is 6.20. The fraction of sp³-hybridized carbons (Fsp3) is 0.545. The highest BCUT2D eigenvalue weighted by molar-refractivity contribution is 5.96. The number of hydrogen-bond acceptors (Lipinski definition) is 6. The van der Waals surface area contributed by atoms with Crippen molar-refractivity contribution in [3.8, 4) is 0 Å². The van der Waals surface area contributed by atoms with Gasteiger partial charge >= 0.3 is 0 Å². The maximum Gasteiger partial charge on any atom is 0.259 e. The molecule has 160 valence electrons. The lowest BCUT2D eigenvalue weighted by molar-refractivity contribution is 0.0663. The maximum atomic E-state index is 13.0. The third-order valence-corrected chi connectivity index (χ3v) is 6.20. The lowest BCUT2D eigenvalue weighted by Gasteiger charge is -2.33. The highest BCUT2D eigenvalue weighted by atomic mass is 16.5. The molecule has 1 atom stereocenters. The summed E-state index contributed by atoms with van der Waals surface area (Å²) >= 11 is 0. The molecule has 4 heterocycles. The highest BCUT2D eigenvalue weighted by Gasteiger charge is 2.29. The standard InChI is InChI=1S/C22H29N5O3/c1-15-20(16(2)30-24-15)22(29)27-8-4-5-18(14-27)19-7-6-17(13-23-19)21(28)26-11-9-25(3)10-12-26/h6-7,13,18H,4-5,8-12,14H2,1-3H3/t18-/m1/s1. The summed E-state index contributed by atoms with van der Waals surface area (Å²) in [7, 11) is 2.07. The second kappa shape index (κ2) is 8.55. The molecule has 0 aliphatic carbocycles. The van der Waals surface area contributed by atoms with E-state index < -0.39 is 0 Å². The van der Waals surface area contributed by atoms with Gasteiger partial charge in [0.15, 0.2) is 0 Å². The van der Waals surface area contributed by atoms with Gasteiger partial charge in [0.05, 0.1) is 11.3 Å². The van der Waals surface area contributed by atoms with Gasteiger partial charge in [0.1, 0.15) is 11.3 Å². The van der Waals surface area contributed by atoms with Gasteiger partial charge < -0.3 is 19.2 Å². The van der Waals surface area contributed by atoms with E-state index in [0.29, 0.717) is 29.1 Å². The SMILES string of the molecule is Cc1noc(C)c1C(=O)N1CCC[C@@H](c2ccc(C(=O)N3CCN(C)CC3)cn2)C1. The molecule has 2 saturated heterocycles. The van der Waals surface area contributed by atoms with E-state index in [2.05, 4.69) is 22.1 Å². The van der Waals surface area contributed by atoms with Gasteiger partial charge in [-0.1, -0.05) is 5.16 Å². The van der Waals surface area contributed by atoms with Crippen molar-refractivity contribution in [2.75, 3.05) is 46.3 Å². The van der Waals surface area contributed by atoms with E-state index in [1.54, 1.807) is 20.0 Å². The number of carbonyl (C=O) groups excluding carboxylic acids is 2. The summed E-state index contributed by atoms with van der Waals surface area (Å²) in [5.41, 5.74) is 2.75. The summed E-state index contributed by atoms with van der Waals surface area (Å²) in [6.07, 6.45) is 3.58. The first-order valence-electron chi connectivity index (χ1n) is 10.6. The topological polar surface area (TPSA) is 82.8 Å². The normalized spacial score (nSPS) is 20.4. The number of pyridine rings is 1. The molecule has 0 aromatic carbocycles. The van der Waals surface area contributed by atoms with Crippen molar-refractivity contribution in [2.24, 2.45) is 0 Å². The highest BCUT2D eigenvalue weighted by Crippen LogP contribution is 2.28. The number of likely N-dealkylation sites (N-methyl/N-ethyl adjacent to an activating group) is 1. The predicted octanol–water partition coefficient (Wildman–Crippen LogP) is 2.09. The van der Waals surface area contributed by atoms with Crippen molar-refractivity contribution in [2.45, 2.75) is 32.6 Å². The van der Waals surface area contributed by atoms with Gasteiger partial charge in [0.2, 0.25) is 0 Å². The smallest absolute Gasteiger partial charge is 0.259 e. The van der Waals surface area contributed by atoms with Crippen LogP contribution in [-0.2, 0) is 0 Å². The number of aryl methyl sites for hydroxylation is 2. The van der Waals surface area contributed by atoms with Crippen LogP contribution in [0.5, 0.6) is 0 Å². The molecule has 4 rings (SSSR count). The molecule has 30 heavy (non-hydrogen) atoms. The number of carbonyl (C=O) groups is 2. The van der Waals surface area contributed by atoms with Gasteiger partial charge in [0, 0.05) is 57.1 Å². The zero-order chi connectivity index (χ0) is 21.3. The van der Waals surface area contributed by atoms with Crippen molar-refractivity contribution in [1.29, 1.82) is 0 Å². The van der Waals surface area contributed by atoms with E-state index >= 15 is 0 Å². The Hall–Kier alpha value is -2.74. The molecule has 2 aromatic rings. The van der Waals surface area contributed by atoms with Crippen LogP contribution in [0.4, 0.5) is 0 Å². The number of aromatic nitrogens is 2. The van der Waals surface area contributed by atoms with Crippen LogP contribution in [0.3, 0.4) is 0 Å². The Labute approximate surface area is 176 Å². The number of piperazine rings is 1. The molecule has 8 heteroatoms. The van der Waals surface area contributed by atoms with Crippen LogP contribution < -0.4 is 0 Å². The summed E-state index contributed by atoms with van der Waals surface area (Å²) in [4.78, 5) is 36.3. The average molecular weight is 412 g/mol. The van der Waals surface area contributed by atoms with Crippen molar-refractivity contribution >= 4 is 11.8 Å². The number of rotatable bonds is 3. The van der Waals surface area contributed by atoms with Crippen molar-refractivity contribution in [3.63, 3.8) is 0 Å². The number of likely N-dealkylation sites (tertiary alicyclic amines) is 1. The zero-order valence-corrected chi connectivity index (χ0v) is 17.9. The molecule has 0 radical (unpaired) electrons. The van der Waals surface area contributed by atoms with Crippen molar-refractivity contribution in [3.05, 3.63) is 46.6 Å². The minimum atomic E-state index is -0.0298. The molecule has 2 aromatic heterocycles. The van der Waals surface area contributed by atoms with Crippen LogP contribution in [0.25, 0.3) is 0 Å². The first kappa shape index (κ1) is 20.5.